The summed E-state index contributed by atoms with van der Waals surface area (Å²) in [4.78, 5) is 21.1. The lowest BCUT2D eigenvalue weighted by molar-refractivity contribution is -0.395. The monoisotopic (exact) mass is 266 g/mol. The lowest BCUT2D eigenvalue weighted by Crippen LogP contribution is -2.05. The third-order valence-electron chi connectivity index (χ3n) is 3.45. The van der Waals surface area contributed by atoms with Gasteiger partial charge >= 0.3 is 0 Å². The second-order valence-corrected chi connectivity index (χ2v) is 4.79. The van der Waals surface area contributed by atoms with Gasteiger partial charge in [-0.3, -0.25) is 20.2 Å². The van der Waals surface area contributed by atoms with Gasteiger partial charge < -0.3 is 0 Å². The smallest absolute Gasteiger partial charge is 0.258 e. The molecule has 1 unspecified atom stereocenters. The Morgan fingerprint density at radius 3 is 2.16 bits per heavy atom. The van der Waals surface area contributed by atoms with Crippen LogP contribution in [-0.4, -0.2) is 9.85 Å². The van der Waals surface area contributed by atoms with Crippen molar-refractivity contribution in [2.75, 3.05) is 0 Å². The van der Waals surface area contributed by atoms with Gasteiger partial charge in [-0.25, -0.2) is 0 Å². The number of nitrogens with zero attached hydrogens (tertiary/aromatic N) is 2. The zero-order valence-electron chi connectivity index (χ0n) is 11.6. The van der Waals surface area contributed by atoms with Crippen LogP contribution in [0.3, 0.4) is 0 Å². The molecular weight excluding hydrogens is 248 g/mol. The van der Waals surface area contributed by atoms with E-state index in [2.05, 4.69) is 0 Å². The maximum Gasteiger partial charge on any atom is 0.282 e. The summed E-state index contributed by atoms with van der Waals surface area (Å²) < 4.78 is 0. The molecule has 0 fully saturated rings. The van der Waals surface area contributed by atoms with Crippen molar-refractivity contribution >= 4 is 11.4 Å². The van der Waals surface area contributed by atoms with Crippen LogP contribution < -0.4 is 0 Å². The van der Waals surface area contributed by atoms with E-state index in [4.69, 9.17) is 0 Å². The van der Waals surface area contributed by atoms with Gasteiger partial charge in [-0.2, -0.15) is 0 Å². The van der Waals surface area contributed by atoms with Gasteiger partial charge in [-0.05, 0) is 31.7 Å². The molecule has 0 saturated carbocycles. The number of hydrogen-bond acceptors (Lipinski definition) is 4. The highest BCUT2D eigenvalue weighted by atomic mass is 16.6. The lowest BCUT2D eigenvalue weighted by atomic mass is 9.89. The van der Waals surface area contributed by atoms with Gasteiger partial charge in [0.15, 0.2) is 0 Å². The molecular formula is C13H18N2O4. The average Bonchev–Trinajstić information content (AvgIpc) is 2.28. The minimum Gasteiger partial charge on any atom is -0.258 e. The van der Waals surface area contributed by atoms with E-state index >= 15 is 0 Å². The number of nitro benzene ring substituents is 2. The molecule has 0 aliphatic carbocycles. The van der Waals surface area contributed by atoms with E-state index in [1.165, 1.54) is 13.0 Å². The summed E-state index contributed by atoms with van der Waals surface area (Å²) in [7, 11) is 0. The van der Waals surface area contributed by atoms with Crippen LogP contribution in [0.15, 0.2) is 6.07 Å². The predicted octanol–water partition coefficient (Wildman–Crippen LogP) is 4.02. The maximum atomic E-state index is 11.1. The highest BCUT2D eigenvalue weighted by Gasteiger charge is 2.28. The van der Waals surface area contributed by atoms with E-state index in [0.717, 1.165) is 12.8 Å². The van der Waals surface area contributed by atoms with E-state index in [-0.39, 0.29) is 22.9 Å². The molecule has 0 aromatic heterocycles. The zero-order valence-corrected chi connectivity index (χ0v) is 11.6. The third kappa shape index (κ3) is 2.89. The van der Waals surface area contributed by atoms with Gasteiger partial charge in [0.2, 0.25) is 0 Å². The molecule has 0 N–H and O–H groups in total. The van der Waals surface area contributed by atoms with Crippen LogP contribution in [0, 0.1) is 34.1 Å². The molecule has 1 atom stereocenters. The van der Waals surface area contributed by atoms with Gasteiger partial charge in [-0.15, -0.1) is 0 Å². The van der Waals surface area contributed by atoms with E-state index in [1.54, 1.807) is 6.92 Å². The number of rotatable bonds is 5. The Morgan fingerprint density at radius 1 is 1.16 bits per heavy atom. The molecule has 1 rings (SSSR count). The van der Waals surface area contributed by atoms with E-state index in [1.807, 2.05) is 13.8 Å². The average molecular weight is 266 g/mol. The van der Waals surface area contributed by atoms with Crippen molar-refractivity contribution in [2.45, 2.75) is 46.5 Å². The first kappa shape index (κ1) is 15.1. The van der Waals surface area contributed by atoms with Gasteiger partial charge in [0, 0.05) is 11.6 Å². The van der Waals surface area contributed by atoms with Crippen molar-refractivity contribution in [3.8, 4) is 0 Å². The Morgan fingerprint density at radius 2 is 1.74 bits per heavy atom. The predicted molar refractivity (Wildman–Crippen MR) is 72.5 cm³/mol. The second-order valence-electron chi connectivity index (χ2n) is 4.79. The van der Waals surface area contributed by atoms with Crippen LogP contribution in [0.25, 0.3) is 0 Å². The van der Waals surface area contributed by atoms with Crippen molar-refractivity contribution in [3.05, 3.63) is 43.0 Å². The Labute approximate surface area is 111 Å². The third-order valence-corrected chi connectivity index (χ3v) is 3.45. The van der Waals surface area contributed by atoms with Crippen LogP contribution in [-0.2, 0) is 0 Å². The summed E-state index contributed by atoms with van der Waals surface area (Å²) in [6, 6.07) is 1.48. The molecule has 0 aliphatic heterocycles. The van der Waals surface area contributed by atoms with Gasteiger partial charge in [0.1, 0.15) is 5.56 Å². The largest absolute Gasteiger partial charge is 0.282 e. The number of benzene rings is 1. The van der Waals surface area contributed by atoms with Crippen molar-refractivity contribution in [2.24, 2.45) is 0 Å². The first-order valence-corrected chi connectivity index (χ1v) is 6.24. The first-order valence-electron chi connectivity index (χ1n) is 6.24. The normalized spacial score (nSPS) is 12.2. The van der Waals surface area contributed by atoms with Crippen molar-refractivity contribution in [1.82, 2.24) is 0 Å². The highest BCUT2D eigenvalue weighted by Crippen LogP contribution is 2.37. The summed E-state index contributed by atoms with van der Waals surface area (Å²) in [5.74, 6) is 0.0722. The van der Waals surface area contributed by atoms with Gasteiger partial charge in [0.05, 0.1) is 9.85 Å². The van der Waals surface area contributed by atoms with Gasteiger partial charge in [0.25, 0.3) is 11.4 Å². The van der Waals surface area contributed by atoms with E-state index in [9.17, 15) is 20.2 Å². The standard InChI is InChI=1S/C13H18N2O4/c1-5-6-8(2)11-7-12(14(16)17)10(4)13(9(11)3)15(18)19/h7-8H,5-6H2,1-4H3. The Bertz CT molecular complexity index is 526. The SMILES string of the molecule is CCCC(C)c1cc([N+](=O)[O-])c(C)c([N+](=O)[O-])c1C. The van der Waals surface area contributed by atoms with Crippen molar-refractivity contribution in [3.63, 3.8) is 0 Å². The molecule has 6 nitrogen and oxygen atoms in total. The molecule has 6 heteroatoms. The molecule has 0 saturated heterocycles. The lowest BCUT2D eigenvalue weighted by Gasteiger charge is -2.15. The van der Waals surface area contributed by atoms with Crippen molar-refractivity contribution in [1.29, 1.82) is 0 Å². The fraction of sp³-hybridized carbons (Fsp3) is 0.538. The summed E-state index contributed by atoms with van der Waals surface area (Å²) in [6.07, 6.45) is 1.77. The van der Waals surface area contributed by atoms with E-state index < -0.39 is 9.85 Å². The van der Waals surface area contributed by atoms with Gasteiger partial charge in [-0.1, -0.05) is 20.3 Å². The highest BCUT2D eigenvalue weighted by molar-refractivity contribution is 5.61. The van der Waals surface area contributed by atoms with Crippen LogP contribution in [0.5, 0.6) is 0 Å². The molecule has 104 valence electrons. The number of hydrogen-bond donors (Lipinski definition) is 0. The van der Waals surface area contributed by atoms with Crippen LogP contribution in [0.4, 0.5) is 11.4 Å². The summed E-state index contributed by atoms with van der Waals surface area (Å²) in [5.41, 5.74) is 1.06. The Balaban J connectivity index is 3.57. The van der Waals surface area contributed by atoms with Crippen LogP contribution >= 0.6 is 0 Å². The summed E-state index contributed by atoms with van der Waals surface area (Å²) >= 11 is 0. The fourth-order valence-electron chi connectivity index (χ4n) is 2.47. The summed E-state index contributed by atoms with van der Waals surface area (Å²) in [5, 5.41) is 22.2. The minimum absolute atomic E-state index is 0.0722. The molecule has 0 aliphatic rings. The molecule has 0 spiro atoms. The van der Waals surface area contributed by atoms with Crippen LogP contribution in [0.2, 0.25) is 0 Å². The van der Waals surface area contributed by atoms with Crippen LogP contribution in [0.1, 0.15) is 49.3 Å². The molecule has 1 aromatic carbocycles. The quantitative estimate of drug-likeness (QED) is 0.594. The van der Waals surface area contributed by atoms with E-state index in [0.29, 0.717) is 11.1 Å². The Kier molecular flexibility index (Phi) is 4.58. The fourth-order valence-corrected chi connectivity index (χ4v) is 2.47. The molecule has 19 heavy (non-hydrogen) atoms. The minimum atomic E-state index is -0.552. The molecule has 1 aromatic rings. The Hall–Kier alpha value is -1.98. The first-order chi connectivity index (χ1) is 8.81. The maximum absolute atomic E-state index is 11.1. The second kappa shape index (κ2) is 5.77. The molecule has 0 radical (unpaired) electrons. The molecule has 0 bridgehead atoms. The molecule has 0 amide bonds. The molecule has 0 heterocycles. The van der Waals surface area contributed by atoms with Crippen molar-refractivity contribution < 1.29 is 9.85 Å². The zero-order chi connectivity index (χ0) is 14.7. The summed E-state index contributed by atoms with van der Waals surface area (Å²) in [6.45, 7) is 7.05. The number of nitro groups is 2. The topological polar surface area (TPSA) is 86.3 Å².